The first kappa shape index (κ1) is 29.3. The van der Waals surface area contributed by atoms with Gasteiger partial charge in [-0.3, -0.25) is 14.6 Å². The quantitative estimate of drug-likeness (QED) is 0.338. The van der Waals surface area contributed by atoms with Crippen molar-refractivity contribution in [1.82, 2.24) is 19.8 Å². The van der Waals surface area contributed by atoms with Gasteiger partial charge in [-0.15, -0.1) is 0 Å². The zero-order valence-corrected chi connectivity index (χ0v) is 25.6. The molecule has 0 spiro atoms. The molecule has 2 fully saturated rings. The van der Waals surface area contributed by atoms with Crippen molar-refractivity contribution in [3.05, 3.63) is 71.3 Å². The molecule has 41 heavy (non-hydrogen) atoms. The van der Waals surface area contributed by atoms with Crippen LogP contribution in [0.2, 0.25) is 0 Å². The van der Waals surface area contributed by atoms with Gasteiger partial charge in [-0.25, -0.2) is 8.42 Å². The Morgan fingerprint density at radius 1 is 1.15 bits per heavy atom. The van der Waals surface area contributed by atoms with Gasteiger partial charge in [-0.05, 0) is 74.4 Å². The lowest BCUT2D eigenvalue weighted by Crippen LogP contribution is -2.37. The summed E-state index contributed by atoms with van der Waals surface area (Å²) in [5.41, 5.74) is 5.48. The van der Waals surface area contributed by atoms with Crippen LogP contribution in [0.5, 0.6) is 5.75 Å². The topological polar surface area (TPSA) is 101 Å². The standard InChI is InChI=1S/C29H38N6O4S2/c1-20-18-23(21(2)34(20)13-7-12-33-14-16-39-17-15-33)28-27(24-8-5-6-11-30-24)31-29(40)35(28)22-9-10-26(38-3)25(19-22)32-41(4,36)37/h5-6,8-11,18-19,27-28,32H,7,12-17H2,1-4H3,(H,31,40)/t27-,28-/m0/s1. The number of rotatable bonds is 10. The lowest BCUT2D eigenvalue weighted by Gasteiger charge is -2.29. The molecule has 12 heteroatoms. The smallest absolute Gasteiger partial charge is 0.229 e. The fourth-order valence-corrected chi connectivity index (χ4v) is 6.73. The molecule has 1 aromatic carbocycles. The second-order valence-corrected chi connectivity index (χ2v) is 12.7. The van der Waals surface area contributed by atoms with Crippen molar-refractivity contribution in [1.29, 1.82) is 0 Å². The van der Waals surface area contributed by atoms with Gasteiger partial charge in [0.2, 0.25) is 10.0 Å². The zero-order valence-electron chi connectivity index (χ0n) is 24.0. The number of sulfonamides is 1. The molecule has 0 bridgehead atoms. The normalized spacial score (nSPS) is 19.8. The molecule has 4 heterocycles. The molecule has 10 nitrogen and oxygen atoms in total. The first-order valence-electron chi connectivity index (χ1n) is 13.8. The minimum absolute atomic E-state index is 0.209. The maximum Gasteiger partial charge on any atom is 0.229 e. The minimum atomic E-state index is -3.53. The fourth-order valence-electron chi connectivity index (χ4n) is 5.82. The van der Waals surface area contributed by atoms with E-state index >= 15 is 0 Å². The van der Waals surface area contributed by atoms with Gasteiger partial charge < -0.3 is 24.3 Å². The highest BCUT2D eigenvalue weighted by molar-refractivity contribution is 7.92. The van der Waals surface area contributed by atoms with Crippen molar-refractivity contribution in [2.75, 3.05) is 55.8 Å². The third kappa shape index (κ3) is 6.50. The molecule has 3 aromatic rings. The van der Waals surface area contributed by atoms with Crippen LogP contribution in [0, 0.1) is 13.8 Å². The van der Waals surface area contributed by atoms with Crippen LogP contribution < -0.4 is 19.7 Å². The summed E-state index contributed by atoms with van der Waals surface area (Å²) in [6.45, 7) is 9.84. The van der Waals surface area contributed by atoms with E-state index in [1.807, 2.05) is 24.3 Å². The van der Waals surface area contributed by atoms with Crippen LogP contribution in [0.3, 0.4) is 0 Å². The molecule has 2 aliphatic heterocycles. The van der Waals surface area contributed by atoms with E-state index < -0.39 is 10.0 Å². The number of aromatic nitrogens is 2. The molecule has 2 atom stereocenters. The van der Waals surface area contributed by atoms with Crippen molar-refractivity contribution in [2.24, 2.45) is 0 Å². The number of morpholine rings is 1. The van der Waals surface area contributed by atoms with Crippen molar-refractivity contribution < 1.29 is 17.9 Å². The molecule has 2 N–H and O–H groups in total. The lowest BCUT2D eigenvalue weighted by atomic mass is 9.96. The van der Waals surface area contributed by atoms with E-state index in [1.165, 1.54) is 18.5 Å². The second-order valence-electron chi connectivity index (χ2n) is 10.5. The SMILES string of the molecule is COc1ccc(N2C(=S)N[C@@H](c3ccccn3)[C@@H]2c2cc(C)n(CCCN3CCOCC3)c2C)cc1NS(C)(=O)=O. The average molecular weight is 599 g/mol. The Kier molecular flexibility index (Phi) is 8.83. The molecule has 2 aromatic heterocycles. The number of thiocarbonyl (C=S) groups is 1. The summed E-state index contributed by atoms with van der Waals surface area (Å²) in [7, 11) is -2.02. The average Bonchev–Trinajstić information content (AvgIpc) is 3.44. The van der Waals surface area contributed by atoms with Crippen molar-refractivity contribution in [3.63, 3.8) is 0 Å². The van der Waals surface area contributed by atoms with E-state index in [1.54, 1.807) is 18.3 Å². The predicted octanol–water partition coefficient (Wildman–Crippen LogP) is 3.78. The Balaban J connectivity index is 1.52. The molecule has 5 rings (SSSR count). The van der Waals surface area contributed by atoms with Crippen LogP contribution in [-0.4, -0.2) is 74.2 Å². The highest BCUT2D eigenvalue weighted by Gasteiger charge is 2.42. The van der Waals surface area contributed by atoms with Crippen molar-refractivity contribution in [2.45, 2.75) is 38.9 Å². The molecule has 220 valence electrons. The van der Waals surface area contributed by atoms with Gasteiger partial charge >= 0.3 is 0 Å². The van der Waals surface area contributed by atoms with Crippen LogP contribution in [0.1, 0.15) is 41.1 Å². The first-order chi connectivity index (χ1) is 19.7. The Morgan fingerprint density at radius 2 is 1.93 bits per heavy atom. The van der Waals surface area contributed by atoms with Crippen LogP contribution in [0.4, 0.5) is 11.4 Å². The van der Waals surface area contributed by atoms with E-state index in [4.69, 9.17) is 21.7 Å². The first-order valence-corrected chi connectivity index (χ1v) is 16.1. The van der Waals surface area contributed by atoms with Crippen LogP contribution in [0.25, 0.3) is 0 Å². The summed E-state index contributed by atoms with van der Waals surface area (Å²) in [4.78, 5) is 9.19. The number of nitrogens with zero attached hydrogens (tertiary/aromatic N) is 4. The Morgan fingerprint density at radius 3 is 2.61 bits per heavy atom. The van der Waals surface area contributed by atoms with Gasteiger partial charge in [0.1, 0.15) is 5.75 Å². The van der Waals surface area contributed by atoms with Gasteiger partial charge in [0.15, 0.2) is 5.11 Å². The monoisotopic (exact) mass is 598 g/mol. The summed E-state index contributed by atoms with van der Waals surface area (Å²) in [5, 5.41) is 4.04. The predicted molar refractivity (Wildman–Crippen MR) is 165 cm³/mol. The number of ether oxygens (including phenoxy) is 2. The van der Waals surface area contributed by atoms with E-state index in [-0.39, 0.29) is 12.1 Å². The molecule has 2 aliphatic rings. The van der Waals surface area contributed by atoms with Gasteiger partial charge in [0.25, 0.3) is 0 Å². The Bertz CT molecular complexity index is 1490. The number of aryl methyl sites for hydroxylation is 1. The van der Waals surface area contributed by atoms with Gasteiger partial charge in [0.05, 0.1) is 50.0 Å². The lowest BCUT2D eigenvalue weighted by molar-refractivity contribution is 0.0369. The molecule has 2 saturated heterocycles. The van der Waals surface area contributed by atoms with Crippen LogP contribution in [0.15, 0.2) is 48.7 Å². The molecule has 0 saturated carbocycles. The molecule has 0 amide bonds. The second kappa shape index (κ2) is 12.4. The van der Waals surface area contributed by atoms with Crippen molar-refractivity contribution >= 4 is 38.7 Å². The fraction of sp³-hybridized carbons (Fsp3) is 0.448. The highest BCUT2D eigenvalue weighted by Crippen LogP contribution is 2.44. The summed E-state index contributed by atoms with van der Waals surface area (Å²) < 4.78 is 40.1. The van der Waals surface area contributed by atoms with Crippen LogP contribution >= 0.6 is 12.2 Å². The number of hydrogen-bond donors (Lipinski definition) is 2. The third-order valence-electron chi connectivity index (χ3n) is 7.75. The minimum Gasteiger partial charge on any atom is -0.495 e. The van der Waals surface area contributed by atoms with E-state index in [9.17, 15) is 8.42 Å². The van der Waals surface area contributed by atoms with Gasteiger partial charge in [0, 0.05) is 49.5 Å². The molecule has 0 radical (unpaired) electrons. The van der Waals surface area contributed by atoms with Gasteiger partial charge in [-0.2, -0.15) is 0 Å². The number of methoxy groups -OCH3 is 1. The summed E-state index contributed by atoms with van der Waals surface area (Å²) >= 11 is 5.91. The van der Waals surface area contributed by atoms with E-state index in [0.29, 0.717) is 16.5 Å². The maximum atomic E-state index is 12.1. The van der Waals surface area contributed by atoms with Crippen molar-refractivity contribution in [3.8, 4) is 5.75 Å². The summed E-state index contributed by atoms with van der Waals surface area (Å²) in [5.74, 6) is 0.425. The Hall–Kier alpha value is -3.19. The molecule has 0 aliphatic carbocycles. The van der Waals surface area contributed by atoms with E-state index in [0.717, 1.165) is 69.0 Å². The third-order valence-corrected chi connectivity index (χ3v) is 8.65. The molecular formula is C29H38N6O4S2. The zero-order chi connectivity index (χ0) is 29.1. The summed E-state index contributed by atoms with van der Waals surface area (Å²) in [6.07, 6.45) is 3.95. The van der Waals surface area contributed by atoms with Crippen LogP contribution in [-0.2, 0) is 21.3 Å². The largest absolute Gasteiger partial charge is 0.495 e. The van der Waals surface area contributed by atoms with E-state index in [2.05, 4.69) is 49.3 Å². The summed E-state index contributed by atoms with van der Waals surface area (Å²) in [6, 6.07) is 13.1. The number of pyridine rings is 1. The maximum absolute atomic E-state index is 12.1. The number of benzene rings is 1. The molecular weight excluding hydrogens is 560 g/mol. The molecule has 0 unspecified atom stereocenters. The number of nitrogens with one attached hydrogen (secondary N) is 2. The Labute approximate surface area is 247 Å². The highest BCUT2D eigenvalue weighted by atomic mass is 32.2. The number of anilines is 2. The number of hydrogen-bond acceptors (Lipinski definition) is 7. The van der Waals surface area contributed by atoms with Gasteiger partial charge in [-0.1, -0.05) is 6.07 Å².